The summed E-state index contributed by atoms with van der Waals surface area (Å²) in [7, 11) is -1.25. The number of likely N-dealkylation sites (N-methyl/N-ethyl adjacent to an activating group) is 1. The Labute approximate surface area is 153 Å². The number of piperidine rings is 1. The molecule has 1 rings (SSSR count). The lowest BCUT2D eigenvalue weighted by atomic mass is 10.1. The van der Waals surface area contributed by atoms with Crippen LogP contribution >= 0.6 is 7.82 Å². The van der Waals surface area contributed by atoms with E-state index in [-0.39, 0.29) is 42.3 Å². The van der Waals surface area contributed by atoms with Gasteiger partial charge >= 0.3 is 7.82 Å². The lowest BCUT2D eigenvalue weighted by Crippen LogP contribution is -3.00. The summed E-state index contributed by atoms with van der Waals surface area (Å²) in [6.07, 6.45) is 3.28. The predicted molar refractivity (Wildman–Crippen MR) is 85.2 cm³/mol. The predicted octanol–water partition coefficient (Wildman–Crippen LogP) is 0.984. The molecular weight excluding hydrogens is 416 g/mol. The van der Waals surface area contributed by atoms with Crippen LogP contribution in [0.25, 0.3) is 0 Å². The Morgan fingerprint density at radius 1 is 0.909 bits per heavy atom. The van der Waals surface area contributed by atoms with Crippen molar-refractivity contribution in [3.8, 4) is 0 Å². The Morgan fingerprint density at radius 3 is 1.77 bits per heavy atom. The summed E-state index contributed by atoms with van der Waals surface area (Å²) in [5, 5.41) is 0. The van der Waals surface area contributed by atoms with E-state index in [1.165, 1.54) is 19.3 Å². The first kappa shape index (κ1) is 22.8. The van der Waals surface area contributed by atoms with E-state index in [0.29, 0.717) is 0 Å². The number of phosphoric ester groups is 1. The first-order valence-electron chi connectivity index (χ1n) is 8.13. The highest BCUT2D eigenvalue weighted by Gasteiger charge is 2.35. The van der Waals surface area contributed by atoms with Crippen molar-refractivity contribution in [2.75, 3.05) is 26.7 Å². The van der Waals surface area contributed by atoms with Gasteiger partial charge in [-0.05, 0) is 53.9 Å². The summed E-state index contributed by atoms with van der Waals surface area (Å²) in [6.45, 7) is 12.5. The zero-order chi connectivity index (χ0) is 16.1. The van der Waals surface area contributed by atoms with Gasteiger partial charge in [-0.1, -0.05) is 0 Å². The molecule has 0 amide bonds. The molecule has 1 fully saturated rings. The Hall–Kier alpha value is 0.800. The minimum Gasteiger partial charge on any atom is -1.00 e. The van der Waals surface area contributed by atoms with Crippen LogP contribution < -0.4 is 24.0 Å². The Morgan fingerprint density at radius 2 is 1.36 bits per heavy atom. The van der Waals surface area contributed by atoms with E-state index in [9.17, 15) is 4.57 Å². The van der Waals surface area contributed by atoms with E-state index >= 15 is 0 Å². The van der Waals surface area contributed by atoms with Crippen LogP contribution in [0.2, 0.25) is 0 Å². The summed E-state index contributed by atoms with van der Waals surface area (Å²) in [4.78, 5) is 0. The largest absolute Gasteiger partial charge is 1.00 e. The van der Waals surface area contributed by atoms with Crippen LogP contribution in [0.5, 0.6) is 0 Å². The normalized spacial score (nSPS) is 20.0. The summed E-state index contributed by atoms with van der Waals surface area (Å²) in [5.41, 5.74) is 0. The average molecular weight is 449 g/mol. The van der Waals surface area contributed by atoms with Crippen molar-refractivity contribution in [1.82, 2.24) is 0 Å². The minimum absolute atomic E-state index is 0. The lowest BCUT2D eigenvalue weighted by Gasteiger charge is -2.39. The maximum atomic E-state index is 12.7. The molecule has 0 spiro atoms. The van der Waals surface area contributed by atoms with Crippen LogP contribution in [-0.2, 0) is 18.1 Å². The van der Waals surface area contributed by atoms with Crippen molar-refractivity contribution < 1.29 is 46.6 Å². The SMILES string of the molecule is CC(C)OP(=O)(OC(C)C)OC(C)C[N+]1(C)CCCCC1.[I-]. The topological polar surface area (TPSA) is 44.8 Å². The van der Waals surface area contributed by atoms with Crippen LogP contribution in [0.1, 0.15) is 53.9 Å². The molecule has 1 unspecified atom stereocenters. The van der Waals surface area contributed by atoms with Crippen molar-refractivity contribution in [1.29, 1.82) is 0 Å². The van der Waals surface area contributed by atoms with Crippen LogP contribution in [-0.4, -0.2) is 49.5 Å². The summed E-state index contributed by atoms with van der Waals surface area (Å²) >= 11 is 0. The molecule has 0 aromatic heterocycles. The number of likely N-dealkylation sites (tertiary alicyclic amines) is 1. The zero-order valence-corrected chi connectivity index (χ0v) is 17.9. The molecule has 0 aliphatic carbocycles. The number of nitrogens with zero attached hydrogens (tertiary/aromatic N) is 1. The molecule has 22 heavy (non-hydrogen) atoms. The number of hydrogen-bond donors (Lipinski definition) is 0. The highest BCUT2D eigenvalue weighted by Crippen LogP contribution is 2.52. The number of phosphoric acid groups is 1. The molecule has 1 aliphatic rings. The van der Waals surface area contributed by atoms with Crippen molar-refractivity contribution in [3.05, 3.63) is 0 Å². The molecule has 1 heterocycles. The highest BCUT2D eigenvalue weighted by molar-refractivity contribution is 7.48. The molecule has 1 atom stereocenters. The van der Waals surface area contributed by atoms with Crippen LogP contribution in [0, 0.1) is 0 Å². The molecule has 134 valence electrons. The van der Waals surface area contributed by atoms with E-state index in [1.54, 1.807) is 0 Å². The molecule has 0 aromatic rings. The number of hydrogen-bond acceptors (Lipinski definition) is 4. The van der Waals surface area contributed by atoms with Gasteiger partial charge in [0.25, 0.3) is 0 Å². The Kier molecular flexibility index (Phi) is 10.3. The van der Waals surface area contributed by atoms with Crippen LogP contribution in [0.4, 0.5) is 0 Å². The first-order valence-corrected chi connectivity index (χ1v) is 9.59. The zero-order valence-electron chi connectivity index (χ0n) is 14.9. The molecule has 0 N–H and O–H groups in total. The second-order valence-corrected chi connectivity index (χ2v) is 8.51. The molecule has 7 heteroatoms. The third-order valence-electron chi connectivity index (χ3n) is 3.58. The van der Waals surface area contributed by atoms with E-state index in [1.807, 2.05) is 34.6 Å². The van der Waals surface area contributed by atoms with Gasteiger partial charge in [0.1, 0.15) is 12.6 Å². The van der Waals surface area contributed by atoms with Gasteiger partial charge in [0, 0.05) is 0 Å². The van der Waals surface area contributed by atoms with Crippen molar-refractivity contribution in [2.45, 2.75) is 72.2 Å². The fourth-order valence-corrected chi connectivity index (χ4v) is 4.61. The van der Waals surface area contributed by atoms with Crippen LogP contribution in [0.15, 0.2) is 0 Å². The van der Waals surface area contributed by atoms with E-state index in [4.69, 9.17) is 13.6 Å². The second kappa shape index (κ2) is 9.94. The van der Waals surface area contributed by atoms with Crippen LogP contribution in [0.3, 0.4) is 0 Å². The van der Waals surface area contributed by atoms with E-state index in [2.05, 4.69) is 7.05 Å². The third kappa shape index (κ3) is 8.60. The van der Waals surface area contributed by atoms with Crippen molar-refractivity contribution in [2.24, 2.45) is 0 Å². The first-order chi connectivity index (χ1) is 9.64. The second-order valence-electron chi connectivity index (χ2n) is 6.98. The number of rotatable bonds is 8. The van der Waals surface area contributed by atoms with Crippen molar-refractivity contribution in [3.63, 3.8) is 0 Å². The molecule has 5 nitrogen and oxygen atoms in total. The van der Waals surface area contributed by atoms with Gasteiger partial charge in [0.05, 0.1) is 32.3 Å². The minimum atomic E-state index is -3.50. The highest BCUT2D eigenvalue weighted by atomic mass is 127. The van der Waals surface area contributed by atoms with Gasteiger partial charge in [0.2, 0.25) is 0 Å². The van der Waals surface area contributed by atoms with Gasteiger partial charge in [0.15, 0.2) is 0 Å². The number of quaternary nitrogens is 1. The molecular formula is C15H33INO4P. The molecule has 0 saturated carbocycles. The average Bonchev–Trinajstić information content (AvgIpc) is 2.24. The summed E-state index contributed by atoms with van der Waals surface area (Å²) < 4.78 is 30.3. The van der Waals surface area contributed by atoms with Gasteiger partial charge in [-0.15, -0.1) is 0 Å². The van der Waals surface area contributed by atoms with Gasteiger partial charge in [-0.2, -0.15) is 0 Å². The maximum absolute atomic E-state index is 12.7. The summed E-state index contributed by atoms with van der Waals surface area (Å²) in [6, 6.07) is 0. The van der Waals surface area contributed by atoms with Crippen molar-refractivity contribution >= 4 is 7.82 Å². The monoisotopic (exact) mass is 449 g/mol. The molecule has 0 radical (unpaired) electrons. The Balaban J connectivity index is 0.00000441. The Bertz CT molecular complexity index is 345. The fourth-order valence-electron chi connectivity index (χ4n) is 2.92. The molecule has 1 aliphatic heterocycles. The molecule has 0 aromatic carbocycles. The molecule has 1 saturated heterocycles. The van der Waals surface area contributed by atoms with Gasteiger partial charge in [-0.25, -0.2) is 4.57 Å². The fraction of sp³-hybridized carbons (Fsp3) is 1.00. The van der Waals surface area contributed by atoms with E-state index in [0.717, 1.165) is 24.1 Å². The quantitative estimate of drug-likeness (QED) is 0.315. The van der Waals surface area contributed by atoms with Gasteiger partial charge in [-0.3, -0.25) is 13.6 Å². The van der Waals surface area contributed by atoms with E-state index < -0.39 is 7.82 Å². The maximum Gasteiger partial charge on any atom is 0.475 e. The standard InChI is InChI=1S/C15H33NO4P.HI/c1-13(2)18-21(17,19-14(3)4)20-15(5)12-16(6)10-8-7-9-11-16;/h13-15H,7-12H2,1-6H3;1H/q+1;/p-1. The smallest absolute Gasteiger partial charge is 0.475 e. The summed E-state index contributed by atoms with van der Waals surface area (Å²) in [5.74, 6) is 0. The van der Waals surface area contributed by atoms with Gasteiger partial charge < -0.3 is 28.5 Å². The lowest BCUT2D eigenvalue weighted by molar-refractivity contribution is -0.916. The number of halogens is 1. The third-order valence-corrected chi connectivity index (χ3v) is 5.56. The molecule has 0 bridgehead atoms.